The fraction of sp³-hybridized carbons (Fsp3) is 0.696. The molecule has 3 N–H and O–H groups in total. The number of aromatic nitrogens is 1. The van der Waals surface area contributed by atoms with Crippen molar-refractivity contribution in [2.45, 2.75) is 58.5 Å². The normalized spacial score (nSPS) is 17.4. The molecule has 0 aromatic carbocycles. The van der Waals surface area contributed by atoms with Gasteiger partial charge in [0.15, 0.2) is 5.96 Å². The highest BCUT2D eigenvalue weighted by Crippen LogP contribution is 2.29. The molecular weight excluding hydrogens is 519 g/mol. The Kier molecular flexibility index (Phi) is 12.1. The molecule has 2 fully saturated rings. The number of guanidine groups is 1. The van der Waals surface area contributed by atoms with Crippen LogP contribution in [-0.2, 0) is 11.3 Å². The van der Waals surface area contributed by atoms with Gasteiger partial charge in [0.05, 0.1) is 19.7 Å². The van der Waals surface area contributed by atoms with Crippen LogP contribution in [0.4, 0.5) is 0 Å². The van der Waals surface area contributed by atoms with E-state index in [1.807, 2.05) is 12.1 Å². The first-order chi connectivity index (χ1) is 15.2. The zero-order chi connectivity index (χ0) is 21.9. The number of hydrogen-bond acceptors (Lipinski definition) is 5. The molecular formula is C23H39IN6O2. The van der Waals surface area contributed by atoms with Gasteiger partial charge in [-0.2, -0.15) is 0 Å². The van der Waals surface area contributed by atoms with Crippen molar-refractivity contribution in [1.29, 1.82) is 0 Å². The molecule has 2 aliphatic rings. The fourth-order valence-electron chi connectivity index (χ4n) is 3.56. The smallest absolute Gasteiger partial charge is 0.234 e. The predicted octanol–water partition coefficient (Wildman–Crippen LogP) is 2.53. The summed E-state index contributed by atoms with van der Waals surface area (Å²) in [6.45, 7) is 9.39. The minimum Gasteiger partial charge on any atom is -0.477 e. The molecule has 1 aliphatic carbocycles. The van der Waals surface area contributed by atoms with E-state index < -0.39 is 0 Å². The molecule has 1 aromatic heterocycles. The molecule has 180 valence electrons. The number of carbonyl (C=O) groups excluding carboxylic acids is 1. The minimum atomic E-state index is 0. The van der Waals surface area contributed by atoms with Crippen molar-refractivity contribution >= 4 is 35.8 Å². The van der Waals surface area contributed by atoms with E-state index in [1.165, 1.54) is 12.8 Å². The van der Waals surface area contributed by atoms with Gasteiger partial charge in [0, 0.05) is 44.5 Å². The number of ether oxygens (including phenoxy) is 1. The number of nitrogens with zero attached hydrogens (tertiary/aromatic N) is 3. The Morgan fingerprint density at radius 1 is 1.22 bits per heavy atom. The Morgan fingerprint density at radius 2 is 2.00 bits per heavy atom. The number of rotatable bonds is 11. The van der Waals surface area contributed by atoms with Gasteiger partial charge in [-0.25, -0.2) is 9.98 Å². The Morgan fingerprint density at radius 3 is 2.69 bits per heavy atom. The zero-order valence-corrected chi connectivity index (χ0v) is 21.8. The van der Waals surface area contributed by atoms with Crippen molar-refractivity contribution < 1.29 is 9.53 Å². The van der Waals surface area contributed by atoms with Gasteiger partial charge in [-0.15, -0.1) is 24.0 Å². The summed E-state index contributed by atoms with van der Waals surface area (Å²) >= 11 is 0. The van der Waals surface area contributed by atoms with Gasteiger partial charge < -0.3 is 20.7 Å². The molecule has 9 heteroatoms. The Labute approximate surface area is 209 Å². The lowest BCUT2D eigenvalue weighted by atomic mass is 10.1. The van der Waals surface area contributed by atoms with Crippen LogP contribution in [0.3, 0.4) is 0 Å². The monoisotopic (exact) mass is 558 g/mol. The van der Waals surface area contributed by atoms with Crippen LogP contribution < -0.4 is 20.7 Å². The first-order valence-electron chi connectivity index (χ1n) is 11.8. The molecule has 1 aliphatic heterocycles. The average molecular weight is 559 g/mol. The third-order valence-corrected chi connectivity index (χ3v) is 5.59. The highest BCUT2D eigenvalue weighted by Gasteiger charge is 2.22. The molecule has 8 nitrogen and oxygen atoms in total. The lowest BCUT2D eigenvalue weighted by Crippen LogP contribution is -2.50. The average Bonchev–Trinajstić information content (AvgIpc) is 3.61. The summed E-state index contributed by atoms with van der Waals surface area (Å²) in [5.74, 6) is 2.36. The van der Waals surface area contributed by atoms with Crippen molar-refractivity contribution in [2.24, 2.45) is 10.9 Å². The maximum absolute atomic E-state index is 11.9. The summed E-state index contributed by atoms with van der Waals surface area (Å²) in [7, 11) is 0. The van der Waals surface area contributed by atoms with Crippen molar-refractivity contribution in [3.8, 4) is 5.88 Å². The number of halogens is 1. The van der Waals surface area contributed by atoms with Crippen molar-refractivity contribution in [3.05, 3.63) is 23.9 Å². The Hall–Kier alpha value is -1.62. The number of carbonyl (C=O) groups is 1. The molecule has 0 atom stereocenters. The summed E-state index contributed by atoms with van der Waals surface area (Å²) < 4.78 is 5.78. The van der Waals surface area contributed by atoms with E-state index in [2.05, 4.69) is 39.7 Å². The van der Waals surface area contributed by atoms with Crippen LogP contribution in [0.5, 0.6) is 5.88 Å². The second kappa shape index (κ2) is 14.5. The number of pyridine rings is 1. The van der Waals surface area contributed by atoms with E-state index in [-0.39, 0.29) is 29.9 Å². The van der Waals surface area contributed by atoms with E-state index >= 15 is 0 Å². The molecule has 0 spiro atoms. The number of amides is 1. The second-order valence-electron chi connectivity index (χ2n) is 8.50. The van der Waals surface area contributed by atoms with E-state index in [1.54, 1.807) is 6.20 Å². The quantitative estimate of drug-likeness (QED) is 0.220. The first-order valence-corrected chi connectivity index (χ1v) is 11.8. The van der Waals surface area contributed by atoms with Crippen LogP contribution in [-0.4, -0.2) is 67.1 Å². The topological polar surface area (TPSA) is 90.9 Å². The van der Waals surface area contributed by atoms with Crippen LogP contribution >= 0.6 is 24.0 Å². The lowest BCUT2D eigenvalue weighted by Gasteiger charge is -2.32. The maximum Gasteiger partial charge on any atom is 0.234 e. The third-order valence-electron chi connectivity index (χ3n) is 5.59. The standard InChI is InChI=1S/C23H38N6O2.HI/c1-3-10-25-21(30)16-29-12-8-20(9-13-29)28-23(24-4-2)27-15-19-7-11-26-22(14-19)31-17-18-5-6-18;/h7,11,14,18,20H,3-6,8-10,12-13,15-17H2,1-2H3,(H,25,30)(H2,24,27,28);1H. The third kappa shape index (κ3) is 9.89. The molecule has 0 bridgehead atoms. The van der Waals surface area contributed by atoms with E-state index in [4.69, 9.17) is 9.73 Å². The molecule has 1 amide bonds. The number of aliphatic imine (C=N–C) groups is 1. The van der Waals surface area contributed by atoms with Crippen LogP contribution in [0.15, 0.2) is 23.3 Å². The van der Waals surface area contributed by atoms with Gasteiger partial charge in [0.25, 0.3) is 0 Å². The largest absolute Gasteiger partial charge is 0.477 e. The molecule has 32 heavy (non-hydrogen) atoms. The lowest BCUT2D eigenvalue weighted by molar-refractivity contribution is -0.122. The number of piperidine rings is 1. The highest BCUT2D eigenvalue weighted by atomic mass is 127. The maximum atomic E-state index is 11.9. The summed E-state index contributed by atoms with van der Waals surface area (Å²) in [6, 6.07) is 4.33. The summed E-state index contributed by atoms with van der Waals surface area (Å²) in [4.78, 5) is 23.2. The molecule has 3 rings (SSSR count). The van der Waals surface area contributed by atoms with E-state index in [0.29, 0.717) is 30.9 Å². The van der Waals surface area contributed by atoms with Crippen LogP contribution in [0, 0.1) is 5.92 Å². The summed E-state index contributed by atoms with van der Waals surface area (Å²) in [6.07, 6.45) is 7.30. The van der Waals surface area contributed by atoms with Crippen LogP contribution in [0.25, 0.3) is 0 Å². The Bertz CT molecular complexity index is 720. The molecule has 1 saturated heterocycles. The van der Waals surface area contributed by atoms with Gasteiger partial charge in [-0.3, -0.25) is 9.69 Å². The number of likely N-dealkylation sites (tertiary alicyclic amines) is 1. The minimum absolute atomic E-state index is 0. The summed E-state index contributed by atoms with van der Waals surface area (Å²) in [5.41, 5.74) is 1.09. The second-order valence-corrected chi connectivity index (χ2v) is 8.50. The molecule has 0 radical (unpaired) electrons. The van der Waals surface area contributed by atoms with E-state index in [0.717, 1.165) is 63.6 Å². The van der Waals surface area contributed by atoms with Crippen molar-refractivity contribution in [1.82, 2.24) is 25.8 Å². The SMILES string of the molecule is CCCNC(=O)CN1CCC(NC(=NCc2ccnc(OCC3CC3)c2)NCC)CC1.I. The zero-order valence-electron chi connectivity index (χ0n) is 19.4. The van der Waals surface area contributed by atoms with Gasteiger partial charge >= 0.3 is 0 Å². The molecule has 0 unspecified atom stereocenters. The number of hydrogen-bond donors (Lipinski definition) is 3. The van der Waals surface area contributed by atoms with Crippen LogP contribution in [0.2, 0.25) is 0 Å². The van der Waals surface area contributed by atoms with Crippen LogP contribution in [0.1, 0.15) is 51.5 Å². The van der Waals surface area contributed by atoms with Gasteiger partial charge in [0.1, 0.15) is 0 Å². The fourth-order valence-corrected chi connectivity index (χ4v) is 3.56. The molecule has 1 aromatic rings. The Balaban J connectivity index is 0.00000363. The van der Waals surface area contributed by atoms with E-state index in [9.17, 15) is 4.79 Å². The van der Waals surface area contributed by atoms with Crippen molar-refractivity contribution in [2.75, 3.05) is 39.3 Å². The summed E-state index contributed by atoms with van der Waals surface area (Å²) in [5, 5.41) is 9.86. The van der Waals surface area contributed by atoms with Gasteiger partial charge in [-0.1, -0.05) is 6.92 Å². The van der Waals surface area contributed by atoms with Gasteiger partial charge in [-0.05, 0) is 56.6 Å². The molecule has 1 saturated carbocycles. The van der Waals surface area contributed by atoms with Gasteiger partial charge in [0.2, 0.25) is 11.8 Å². The predicted molar refractivity (Wildman–Crippen MR) is 139 cm³/mol. The first kappa shape index (κ1) is 26.6. The van der Waals surface area contributed by atoms with Crippen molar-refractivity contribution in [3.63, 3.8) is 0 Å². The number of nitrogens with one attached hydrogen (secondary N) is 3. The highest BCUT2D eigenvalue weighted by molar-refractivity contribution is 14.0. The molecule has 2 heterocycles.